The third-order valence-corrected chi connectivity index (χ3v) is 2.37. The van der Waals surface area contributed by atoms with Crippen LogP contribution in [-0.4, -0.2) is 24.0 Å². The van der Waals surface area contributed by atoms with Crippen LogP contribution in [0.4, 0.5) is 4.39 Å². The maximum absolute atomic E-state index is 13.6. The first-order chi connectivity index (χ1) is 7.95. The summed E-state index contributed by atoms with van der Waals surface area (Å²) in [7, 11) is 1.48. The number of hydrogen-bond acceptors (Lipinski definition) is 3. The Hall–Kier alpha value is -1.69. The van der Waals surface area contributed by atoms with Crippen molar-refractivity contribution in [1.29, 1.82) is 0 Å². The fraction of sp³-hybridized carbons (Fsp3) is 0.273. The molecule has 1 rings (SSSR count). The molecule has 0 saturated carbocycles. The summed E-state index contributed by atoms with van der Waals surface area (Å²) in [4.78, 5) is 11.3. The molecule has 0 aliphatic carbocycles. The van der Waals surface area contributed by atoms with Gasteiger partial charge in [0.2, 0.25) is 0 Å². The minimum atomic E-state index is -0.773. The van der Waals surface area contributed by atoms with Crippen molar-refractivity contribution in [3.8, 4) is 5.75 Å². The van der Waals surface area contributed by atoms with Crippen LogP contribution in [0.5, 0.6) is 5.75 Å². The van der Waals surface area contributed by atoms with E-state index in [1.54, 1.807) is 0 Å². The van der Waals surface area contributed by atoms with Crippen LogP contribution in [0.3, 0.4) is 0 Å². The number of hydrogen-bond donors (Lipinski definition) is 2. The summed E-state index contributed by atoms with van der Waals surface area (Å²) in [5, 5.41) is 2.41. The molecule has 0 radical (unpaired) electrons. The highest BCUT2D eigenvalue weighted by atomic mass is 32.1. The van der Waals surface area contributed by atoms with E-state index in [2.05, 4.69) is 5.32 Å². The molecule has 1 unspecified atom stereocenters. The van der Waals surface area contributed by atoms with Crippen molar-refractivity contribution in [1.82, 2.24) is 5.32 Å². The largest absolute Gasteiger partial charge is 0.478 e. The van der Waals surface area contributed by atoms with E-state index < -0.39 is 11.9 Å². The summed E-state index contributed by atoms with van der Waals surface area (Å²) in [6.45, 7) is 1.53. The Kier molecular flexibility index (Phi) is 4.39. The lowest BCUT2D eigenvalue weighted by molar-refractivity contribution is -0.126. The molecule has 3 N–H and O–H groups in total. The van der Waals surface area contributed by atoms with Gasteiger partial charge in [-0.2, -0.15) is 0 Å². The predicted octanol–water partition coefficient (Wildman–Crippen LogP) is 0.973. The third kappa shape index (κ3) is 3.39. The molecule has 0 heterocycles. The molecule has 1 aromatic carbocycles. The number of amides is 1. The summed E-state index contributed by atoms with van der Waals surface area (Å²) in [6.07, 6.45) is -0.773. The van der Waals surface area contributed by atoms with Crippen LogP contribution in [0.15, 0.2) is 18.2 Å². The Balaban J connectivity index is 2.86. The number of likely N-dealkylation sites (N-methyl/N-ethyl adjacent to an activating group) is 1. The van der Waals surface area contributed by atoms with E-state index >= 15 is 0 Å². The lowest BCUT2D eigenvalue weighted by atomic mass is 10.2. The van der Waals surface area contributed by atoms with Gasteiger partial charge >= 0.3 is 0 Å². The Morgan fingerprint density at radius 3 is 2.71 bits per heavy atom. The van der Waals surface area contributed by atoms with Crippen LogP contribution in [0.1, 0.15) is 12.5 Å². The number of nitrogens with one attached hydrogen (secondary N) is 1. The SMILES string of the molecule is CNC(=O)C(C)Oc1ccc(C(N)=S)cc1F. The number of carbonyl (C=O) groups excluding carboxylic acids is 1. The standard InChI is InChI=1S/C11H13FN2O2S/c1-6(11(15)14-2)16-9-4-3-7(10(13)17)5-8(9)12/h3-6H,1-2H3,(H2,13,17)(H,14,15). The maximum atomic E-state index is 13.6. The molecule has 0 aromatic heterocycles. The average Bonchev–Trinajstić information content (AvgIpc) is 2.30. The second-order valence-corrected chi connectivity index (χ2v) is 3.82. The molecule has 17 heavy (non-hydrogen) atoms. The zero-order valence-corrected chi connectivity index (χ0v) is 10.3. The number of halogens is 1. The Morgan fingerprint density at radius 1 is 1.59 bits per heavy atom. The van der Waals surface area contributed by atoms with E-state index in [0.29, 0.717) is 5.56 Å². The van der Waals surface area contributed by atoms with Gasteiger partial charge in [0, 0.05) is 12.6 Å². The highest BCUT2D eigenvalue weighted by Crippen LogP contribution is 2.19. The fourth-order valence-electron chi connectivity index (χ4n) is 1.20. The Bertz CT molecular complexity index is 451. The molecule has 0 bridgehead atoms. The van der Waals surface area contributed by atoms with Crippen molar-refractivity contribution >= 4 is 23.1 Å². The smallest absolute Gasteiger partial charge is 0.260 e. The molecular weight excluding hydrogens is 243 g/mol. The average molecular weight is 256 g/mol. The number of carbonyl (C=O) groups is 1. The van der Waals surface area contributed by atoms with E-state index in [9.17, 15) is 9.18 Å². The van der Waals surface area contributed by atoms with E-state index in [-0.39, 0.29) is 16.6 Å². The molecule has 0 aliphatic heterocycles. The molecule has 1 atom stereocenters. The minimum absolute atomic E-state index is 0.0129. The van der Waals surface area contributed by atoms with Crippen molar-refractivity contribution in [2.24, 2.45) is 5.73 Å². The van der Waals surface area contributed by atoms with Gasteiger partial charge in [-0.1, -0.05) is 12.2 Å². The van der Waals surface area contributed by atoms with E-state index in [1.807, 2.05) is 0 Å². The van der Waals surface area contributed by atoms with Gasteiger partial charge in [-0.3, -0.25) is 4.79 Å². The molecule has 4 nitrogen and oxygen atoms in total. The lowest BCUT2D eigenvalue weighted by Crippen LogP contribution is -2.33. The number of nitrogens with two attached hydrogens (primary N) is 1. The molecule has 1 aromatic rings. The first-order valence-corrected chi connectivity index (χ1v) is 5.34. The number of benzene rings is 1. The summed E-state index contributed by atoms with van der Waals surface area (Å²) in [5.41, 5.74) is 5.78. The van der Waals surface area contributed by atoms with Crippen molar-refractivity contribution in [2.75, 3.05) is 7.05 Å². The van der Waals surface area contributed by atoms with Gasteiger partial charge in [0.1, 0.15) is 4.99 Å². The second kappa shape index (κ2) is 5.58. The summed E-state index contributed by atoms with van der Waals surface area (Å²) >= 11 is 4.72. The van der Waals surface area contributed by atoms with Crippen molar-refractivity contribution in [3.05, 3.63) is 29.6 Å². The molecular formula is C11H13FN2O2S. The van der Waals surface area contributed by atoms with Crippen molar-refractivity contribution in [2.45, 2.75) is 13.0 Å². The topological polar surface area (TPSA) is 64.3 Å². The molecule has 0 fully saturated rings. The Morgan fingerprint density at radius 2 is 2.24 bits per heavy atom. The molecule has 0 aliphatic rings. The van der Waals surface area contributed by atoms with Gasteiger partial charge < -0.3 is 15.8 Å². The van der Waals surface area contributed by atoms with Gasteiger partial charge in [-0.25, -0.2) is 4.39 Å². The van der Waals surface area contributed by atoms with Crippen LogP contribution in [0, 0.1) is 5.82 Å². The minimum Gasteiger partial charge on any atom is -0.478 e. The number of rotatable bonds is 4. The predicted molar refractivity (Wildman–Crippen MR) is 66.4 cm³/mol. The van der Waals surface area contributed by atoms with Gasteiger partial charge in [0.15, 0.2) is 17.7 Å². The molecule has 1 amide bonds. The maximum Gasteiger partial charge on any atom is 0.260 e. The summed E-state index contributed by atoms with van der Waals surface area (Å²) < 4.78 is 18.7. The molecule has 92 valence electrons. The normalized spacial score (nSPS) is 11.7. The van der Waals surface area contributed by atoms with E-state index in [0.717, 1.165) is 0 Å². The van der Waals surface area contributed by atoms with Crippen LogP contribution >= 0.6 is 12.2 Å². The van der Waals surface area contributed by atoms with Crippen molar-refractivity contribution < 1.29 is 13.9 Å². The highest BCUT2D eigenvalue weighted by Gasteiger charge is 2.15. The quantitative estimate of drug-likeness (QED) is 0.788. The first kappa shape index (κ1) is 13.4. The van der Waals surface area contributed by atoms with Gasteiger partial charge in [0.25, 0.3) is 5.91 Å². The van der Waals surface area contributed by atoms with Gasteiger partial charge in [0.05, 0.1) is 0 Å². The number of ether oxygens (including phenoxy) is 1. The number of thiocarbonyl (C=S) groups is 1. The zero-order chi connectivity index (χ0) is 13.0. The van der Waals surface area contributed by atoms with Crippen molar-refractivity contribution in [3.63, 3.8) is 0 Å². The van der Waals surface area contributed by atoms with Crippen LogP contribution in [0.25, 0.3) is 0 Å². The second-order valence-electron chi connectivity index (χ2n) is 3.38. The highest BCUT2D eigenvalue weighted by molar-refractivity contribution is 7.80. The first-order valence-electron chi connectivity index (χ1n) is 4.93. The molecule has 6 heteroatoms. The molecule has 0 saturated heterocycles. The Labute approximate surface area is 104 Å². The van der Waals surface area contributed by atoms with E-state index in [4.69, 9.17) is 22.7 Å². The van der Waals surface area contributed by atoms with Crippen LogP contribution in [-0.2, 0) is 4.79 Å². The van der Waals surface area contributed by atoms with E-state index in [1.165, 1.54) is 32.2 Å². The lowest BCUT2D eigenvalue weighted by Gasteiger charge is -2.14. The van der Waals surface area contributed by atoms with Gasteiger partial charge in [-0.05, 0) is 25.1 Å². The summed E-state index contributed by atoms with van der Waals surface area (Å²) in [6, 6.07) is 4.11. The third-order valence-electron chi connectivity index (χ3n) is 2.14. The molecule has 0 spiro atoms. The van der Waals surface area contributed by atoms with Crippen LogP contribution < -0.4 is 15.8 Å². The van der Waals surface area contributed by atoms with Crippen LogP contribution in [0.2, 0.25) is 0 Å². The monoisotopic (exact) mass is 256 g/mol. The fourth-order valence-corrected chi connectivity index (χ4v) is 1.32. The zero-order valence-electron chi connectivity index (χ0n) is 9.49. The van der Waals surface area contributed by atoms with Gasteiger partial charge in [-0.15, -0.1) is 0 Å². The summed E-state index contributed by atoms with van der Waals surface area (Å²) in [5.74, 6) is -0.949.